The molecule has 0 aliphatic heterocycles. The van der Waals surface area contributed by atoms with Gasteiger partial charge in [-0.3, -0.25) is 4.79 Å². The summed E-state index contributed by atoms with van der Waals surface area (Å²) in [6.45, 7) is 2.48. The summed E-state index contributed by atoms with van der Waals surface area (Å²) in [7, 11) is -3.75. The minimum absolute atomic E-state index is 0.0127. The lowest BCUT2D eigenvalue weighted by Gasteiger charge is -2.23. The Hall–Kier alpha value is -1.90. The maximum atomic E-state index is 13.5. The lowest BCUT2D eigenvalue weighted by atomic mass is 10.1. The monoisotopic (exact) mass is 492 g/mol. The molecule has 2 aromatic carbocycles. The summed E-state index contributed by atoms with van der Waals surface area (Å²) in [5.41, 5.74) is 1.44. The van der Waals surface area contributed by atoms with Gasteiger partial charge in [0.2, 0.25) is 10.0 Å². The largest absolute Gasteiger partial charge is 0.492 e. The van der Waals surface area contributed by atoms with Gasteiger partial charge in [-0.1, -0.05) is 28.1 Å². The fraction of sp³-hybridized carbons (Fsp3) is 0.409. The van der Waals surface area contributed by atoms with Gasteiger partial charge < -0.3 is 10.1 Å². The lowest BCUT2D eigenvalue weighted by molar-refractivity contribution is 0.0951. The smallest absolute Gasteiger partial charge is 0.251 e. The van der Waals surface area contributed by atoms with E-state index in [1.54, 1.807) is 34.6 Å². The van der Waals surface area contributed by atoms with Gasteiger partial charge in [-0.25, -0.2) is 8.42 Å². The Morgan fingerprint density at radius 1 is 1.13 bits per heavy atom. The molecule has 0 aromatic heterocycles. The molecule has 0 bridgehead atoms. The third-order valence-corrected chi connectivity index (χ3v) is 7.63. The summed E-state index contributed by atoms with van der Waals surface area (Å²) in [6, 6.07) is 12.5. The number of hydrogen-bond acceptors (Lipinski definition) is 4. The maximum Gasteiger partial charge on any atom is 0.251 e. The van der Waals surface area contributed by atoms with E-state index < -0.39 is 10.0 Å². The molecular weight excluding hydrogens is 468 g/mol. The summed E-state index contributed by atoms with van der Waals surface area (Å²) < 4.78 is 34.9. The molecule has 30 heavy (non-hydrogen) atoms. The number of carbonyl (C=O) groups is 1. The summed E-state index contributed by atoms with van der Waals surface area (Å²) >= 11 is 3.37. The van der Waals surface area contributed by atoms with E-state index in [-0.39, 0.29) is 23.4 Å². The Bertz CT molecular complexity index is 1030. The zero-order valence-corrected chi connectivity index (χ0v) is 19.2. The number of ether oxygens (including phenoxy) is 1. The van der Waals surface area contributed by atoms with Crippen molar-refractivity contribution >= 4 is 31.9 Å². The SMILES string of the molecule is CCOc1ccc(Br)cc1S(=O)(=O)N(Cc1ccc(C(=O)NC2CC2)cc1)C1CC1. The molecule has 0 atom stereocenters. The number of carbonyl (C=O) groups excluding carboxylic acids is 1. The van der Waals surface area contributed by atoms with Crippen LogP contribution in [0, 0.1) is 0 Å². The Labute approximate surface area is 185 Å². The van der Waals surface area contributed by atoms with Gasteiger partial charge >= 0.3 is 0 Å². The van der Waals surface area contributed by atoms with E-state index in [4.69, 9.17) is 4.74 Å². The number of halogens is 1. The second-order valence-electron chi connectivity index (χ2n) is 7.75. The molecule has 0 heterocycles. The van der Waals surface area contributed by atoms with E-state index >= 15 is 0 Å². The van der Waals surface area contributed by atoms with Crippen molar-refractivity contribution in [3.63, 3.8) is 0 Å². The number of nitrogens with one attached hydrogen (secondary N) is 1. The summed E-state index contributed by atoms with van der Waals surface area (Å²) in [4.78, 5) is 12.4. The second-order valence-corrected chi connectivity index (χ2v) is 10.5. The predicted octanol–water partition coefficient (Wildman–Crippen LogP) is 4.09. The lowest BCUT2D eigenvalue weighted by Crippen LogP contribution is -2.33. The van der Waals surface area contributed by atoms with Crippen LogP contribution in [-0.2, 0) is 16.6 Å². The molecule has 2 fully saturated rings. The molecule has 0 saturated heterocycles. The highest BCUT2D eigenvalue weighted by Gasteiger charge is 2.39. The van der Waals surface area contributed by atoms with Crippen molar-refractivity contribution in [3.05, 3.63) is 58.1 Å². The first kappa shape index (κ1) is 21.3. The number of nitrogens with zero attached hydrogens (tertiary/aromatic N) is 1. The predicted molar refractivity (Wildman–Crippen MR) is 118 cm³/mol. The number of rotatable bonds is 9. The molecule has 0 radical (unpaired) electrons. The van der Waals surface area contributed by atoms with Gasteiger partial charge in [0.1, 0.15) is 10.6 Å². The molecule has 6 nitrogen and oxygen atoms in total. The Kier molecular flexibility index (Phi) is 6.18. The van der Waals surface area contributed by atoms with Crippen molar-refractivity contribution in [1.29, 1.82) is 0 Å². The Balaban J connectivity index is 1.57. The fourth-order valence-corrected chi connectivity index (χ4v) is 5.64. The van der Waals surface area contributed by atoms with Crippen molar-refractivity contribution in [1.82, 2.24) is 9.62 Å². The summed E-state index contributed by atoms with van der Waals surface area (Å²) in [5, 5.41) is 2.96. The maximum absolute atomic E-state index is 13.5. The molecule has 160 valence electrons. The standard InChI is InChI=1S/C22H25BrN2O4S/c1-2-29-20-12-7-17(23)13-21(20)30(27,28)25(19-10-11-19)14-15-3-5-16(6-4-15)22(26)24-18-8-9-18/h3-7,12-13,18-19H,2,8-11,14H2,1H3,(H,24,26). The first-order valence-corrected chi connectivity index (χ1v) is 12.5. The third-order valence-electron chi connectivity index (χ3n) is 5.21. The van der Waals surface area contributed by atoms with Gasteiger partial charge in [-0.05, 0) is 68.5 Å². The zero-order chi connectivity index (χ0) is 21.3. The van der Waals surface area contributed by atoms with Crippen LogP contribution in [0.15, 0.2) is 51.8 Å². The van der Waals surface area contributed by atoms with E-state index in [0.717, 1.165) is 31.2 Å². The van der Waals surface area contributed by atoms with Gasteiger partial charge in [-0.15, -0.1) is 0 Å². The number of amides is 1. The average molecular weight is 493 g/mol. The van der Waals surface area contributed by atoms with Crippen molar-refractivity contribution in [2.24, 2.45) is 0 Å². The number of sulfonamides is 1. The molecule has 8 heteroatoms. The van der Waals surface area contributed by atoms with Crippen molar-refractivity contribution in [2.45, 2.75) is 56.1 Å². The van der Waals surface area contributed by atoms with Crippen molar-refractivity contribution in [3.8, 4) is 5.75 Å². The highest BCUT2D eigenvalue weighted by atomic mass is 79.9. The van der Waals surface area contributed by atoms with Crippen LogP contribution in [0.25, 0.3) is 0 Å². The highest BCUT2D eigenvalue weighted by Crippen LogP contribution is 2.37. The van der Waals surface area contributed by atoms with Crippen LogP contribution < -0.4 is 10.1 Å². The van der Waals surface area contributed by atoms with Gasteiger partial charge in [-0.2, -0.15) is 4.31 Å². The summed E-state index contributed by atoms with van der Waals surface area (Å²) in [5.74, 6) is 0.282. The van der Waals surface area contributed by atoms with E-state index in [2.05, 4.69) is 21.2 Å². The van der Waals surface area contributed by atoms with Crippen LogP contribution in [0.1, 0.15) is 48.5 Å². The van der Waals surface area contributed by atoms with Crippen LogP contribution in [0.2, 0.25) is 0 Å². The van der Waals surface area contributed by atoms with E-state index in [9.17, 15) is 13.2 Å². The summed E-state index contributed by atoms with van der Waals surface area (Å²) in [6.07, 6.45) is 3.77. The van der Waals surface area contributed by atoms with E-state index in [1.807, 2.05) is 19.1 Å². The fourth-order valence-electron chi connectivity index (χ4n) is 3.30. The molecule has 1 N–H and O–H groups in total. The van der Waals surface area contributed by atoms with Gasteiger partial charge in [0.15, 0.2) is 0 Å². The van der Waals surface area contributed by atoms with Crippen molar-refractivity contribution in [2.75, 3.05) is 6.61 Å². The molecule has 1 amide bonds. The Morgan fingerprint density at radius 2 is 1.83 bits per heavy atom. The minimum atomic E-state index is -3.75. The molecular formula is C22H25BrN2O4S. The van der Waals surface area contributed by atoms with E-state index in [0.29, 0.717) is 28.4 Å². The average Bonchev–Trinajstić information content (AvgIpc) is 3.63. The van der Waals surface area contributed by atoms with Crippen LogP contribution >= 0.6 is 15.9 Å². The zero-order valence-electron chi connectivity index (χ0n) is 16.8. The molecule has 2 aliphatic carbocycles. The number of benzene rings is 2. The van der Waals surface area contributed by atoms with Gasteiger partial charge in [0.05, 0.1) is 6.61 Å². The van der Waals surface area contributed by atoms with Crippen LogP contribution in [0.3, 0.4) is 0 Å². The van der Waals surface area contributed by atoms with Gasteiger partial charge in [0.25, 0.3) is 5.91 Å². The molecule has 2 aliphatic rings. The molecule has 0 spiro atoms. The first-order chi connectivity index (χ1) is 14.4. The van der Waals surface area contributed by atoms with E-state index in [1.165, 1.54) is 0 Å². The first-order valence-electron chi connectivity index (χ1n) is 10.2. The molecule has 2 saturated carbocycles. The van der Waals surface area contributed by atoms with Gasteiger partial charge in [0, 0.05) is 28.7 Å². The topological polar surface area (TPSA) is 75.7 Å². The molecule has 4 rings (SSSR count). The van der Waals surface area contributed by atoms with Crippen LogP contribution in [-0.4, -0.2) is 37.3 Å². The molecule has 2 aromatic rings. The number of hydrogen-bond donors (Lipinski definition) is 1. The quantitative estimate of drug-likeness (QED) is 0.571. The third kappa shape index (κ3) is 4.87. The minimum Gasteiger partial charge on any atom is -0.492 e. The normalized spacial score (nSPS) is 16.5. The highest BCUT2D eigenvalue weighted by molar-refractivity contribution is 9.10. The van der Waals surface area contributed by atoms with Crippen LogP contribution in [0.4, 0.5) is 0 Å². The van der Waals surface area contributed by atoms with Crippen molar-refractivity contribution < 1.29 is 17.9 Å². The second kappa shape index (κ2) is 8.69. The molecule has 0 unspecified atom stereocenters. The Morgan fingerprint density at radius 3 is 2.43 bits per heavy atom. The van der Waals surface area contributed by atoms with Crippen LogP contribution in [0.5, 0.6) is 5.75 Å².